The number of nitrogens with one attached hydrogen (secondary N) is 1. The minimum absolute atomic E-state index is 0.372. The molecule has 2 heterocycles. The summed E-state index contributed by atoms with van der Waals surface area (Å²) in [6.45, 7) is 13.9. The molecular weight excluding hydrogens is 372 g/mol. The average Bonchev–Trinajstić information content (AvgIpc) is 2.97. The monoisotopic (exact) mass is 401 g/mol. The lowest BCUT2D eigenvalue weighted by Gasteiger charge is -2.44. The number of halogens is 2. The summed E-state index contributed by atoms with van der Waals surface area (Å²) >= 11 is 0. The van der Waals surface area contributed by atoms with Gasteiger partial charge in [-0.1, -0.05) is 41.5 Å². The van der Waals surface area contributed by atoms with Crippen LogP contribution in [0.4, 0.5) is 20.2 Å². The predicted molar refractivity (Wildman–Crippen MR) is 116 cm³/mol. The first-order chi connectivity index (χ1) is 13.2. The molecule has 150 valence electrons. The van der Waals surface area contributed by atoms with Gasteiger partial charge in [-0.05, 0) is 47.1 Å². The van der Waals surface area contributed by atoms with Crippen LogP contribution in [0.15, 0.2) is 42.7 Å². The molecule has 0 atom stereocenters. The molecular formula is C22H29F2N3Si. The molecule has 28 heavy (non-hydrogen) atoms. The van der Waals surface area contributed by atoms with Crippen LogP contribution < -0.4 is 5.32 Å². The molecule has 3 aromatic rings. The number of fused-ring (bicyclic) bond motifs is 1. The molecule has 0 spiro atoms. The van der Waals surface area contributed by atoms with E-state index < -0.39 is 19.9 Å². The molecule has 3 nitrogen and oxygen atoms in total. The van der Waals surface area contributed by atoms with Crippen molar-refractivity contribution >= 4 is 30.6 Å². The zero-order valence-corrected chi connectivity index (χ0v) is 18.4. The van der Waals surface area contributed by atoms with Crippen molar-refractivity contribution in [1.82, 2.24) is 9.22 Å². The van der Waals surface area contributed by atoms with Gasteiger partial charge in [-0.15, -0.1) is 0 Å². The summed E-state index contributed by atoms with van der Waals surface area (Å²) in [6, 6.07) is 7.53. The second-order valence-corrected chi connectivity index (χ2v) is 14.2. The summed E-state index contributed by atoms with van der Waals surface area (Å²) in [7, 11) is -1.92. The highest BCUT2D eigenvalue weighted by atomic mass is 28.3. The van der Waals surface area contributed by atoms with Gasteiger partial charge in [0.1, 0.15) is 11.6 Å². The van der Waals surface area contributed by atoms with E-state index >= 15 is 0 Å². The lowest BCUT2D eigenvalue weighted by atomic mass is 10.2. The third kappa shape index (κ3) is 3.46. The van der Waals surface area contributed by atoms with E-state index in [2.05, 4.69) is 68.3 Å². The summed E-state index contributed by atoms with van der Waals surface area (Å²) in [6.07, 6.45) is 3.88. The van der Waals surface area contributed by atoms with Gasteiger partial charge >= 0.3 is 0 Å². The van der Waals surface area contributed by atoms with Crippen molar-refractivity contribution in [2.24, 2.45) is 0 Å². The number of rotatable bonds is 6. The van der Waals surface area contributed by atoms with E-state index in [1.165, 1.54) is 12.1 Å². The van der Waals surface area contributed by atoms with Gasteiger partial charge in [0.15, 0.2) is 8.24 Å². The summed E-state index contributed by atoms with van der Waals surface area (Å²) < 4.78 is 29.5. The Balaban J connectivity index is 2.12. The standard InChI is InChI=1S/C22H29F2N3Si/c1-14(2)28(15(3)4,16(5)6)27-8-7-21-22(27)12-20(13-25-21)26-19-10-17(23)9-18(24)11-19/h7-16,26H,1-6H3. The van der Waals surface area contributed by atoms with Crippen molar-refractivity contribution in [3.63, 3.8) is 0 Å². The van der Waals surface area contributed by atoms with Gasteiger partial charge in [0.2, 0.25) is 0 Å². The zero-order valence-electron chi connectivity index (χ0n) is 17.4. The number of nitrogens with zero attached hydrogens (tertiary/aromatic N) is 2. The number of aromatic nitrogens is 2. The van der Waals surface area contributed by atoms with Crippen molar-refractivity contribution in [3.05, 3.63) is 54.4 Å². The molecule has 0 bridgehead atoms. The van der Waals surface area contributed by atoms with Gasteiger partial charge in [0.25, 0.3) is 0 Å². The maximum Gasteiger partial charge on any atom is 0.169 e. The summed E-state index contributed by atoms with van der Waals surface area (Å²) in [5.74, 6) is -1.21. The molecule has 1 N–H and O–H groups in total. The molecule has 0 aliphatic heterocycles. The van der Waals surface area contributed by atoms with Crippen molar-refractivity contribution in [3.8, 4) is 0 Å². The molecule has 0 saturated carbocycles. The predicted octanol–water partition coefficient (Wildman–Crippen LogP) is 7.08. The van der Waals surface area contributed by atoms with E-state index in [9.17, 15) is 8.78 Å². The Morgan fingerprint density at radius 1 is 0.857 bits per heavy atom. The molecule has 1 aromatic carbocycles. The van der Waals surface area contributed by atoms with Crippen LogP contribution in [0.3, 0.4) is 0 Å². The first-order valence-corrected chi connectivity index (χ1v) is 12.0. The fraction of sp³-hybridized carbons (Fsp3) is 0.409. The SMILES string of the molecule is CC(C)[Si](C(C)C)(C(C)C)n1ccc2ncc(Nc3cc(F)cc(F)c3)cc21. The van der Waals surface area contributed by atoms with Crippen molar-refractivity contribution in [1.29, 1.82) is 0 Å². The van der Waals surface area contributed by atoms with Crippen LogP contribution in [0.25, 0.3) is 11.0 Å². The van der Waals surface area contributed by atoms with Crippen LogP contribution in [-0.2, 0) is 0 Å². The van der Waals surface area contributed by atoms with Crippen LogP contribution in [0.1, 0.15) is 41.5 Å². The zero-order chi connectivity index (χ0) is 20.6. The fourth-order valence-corrected chi connectivity index (χ4v) is 11.6. The third-order valence-corrected chi connectivity index (χ3v) is 12.7. The van der Waals surface area contributed by atoms with Gasteiger partial charge in [-0.2, -0.15) is 0 Å². The van der Waals surface area contributed by atoms with E-state index in [1.807, 2.05) is 6.07 Å². The van der Waals surface area contributed by atoms with Crippen molar-refractivity contribution in [2.75, 3.05) is 5.32 Å². The minimum atomic E-state index is -1.92. The van der Waals surface area contributed by atoms with E-state index in [1.54, 1.807) is 6.20 Å². The number of benzene rings is 1. The highest BCUT2D eigenvalue weighted by molar-refractivity contribution is 6.82. The molecule has 0 saturated heterocycles. The Morgan fingerprint density at radius 3 is 1.96 bits per heavy atom. The number of anilines is 2. The molecule has 0 aliphatic carbocycles. The van der Waals surface area contributed by atoms with Crippen LogP contribution >= 0.6 is 0 Å². The molecule has 0 aliphatic rings. The highest BCUT2D eigenvalue weighted by Gasteiger charge is 2.45. The number of hydrogen-bond donors (Lipinski definition) is 1. The molecule has 0 unspecified atom stereocenters. The third-order valence-electron chi connectivity index (χ3n) is 5.88. The smallest absolute Gasteiger partial charge is 0.169 e. The summed E-state index contributed by atoms with van der Waals surface area (Å²) in [5, 5.41) is 3.09. The lowest BCUT2D eigenvalue weighted by Crippen LogP contribution is -2.51. The van der Waals surface area contributed by atoms with Crippen molar-refractivity contribution < 1.29 is 8.78 Å². The largest absolute Gasteiger partial charge is 0.372 e. The molecule has 0 fully saturated rings. The van der Waals surface area contributed by atoms with Crippen LogP contribution in [0.5, 0.6) is 0 Å². The van der Waals surface area contributed by atoms with Gasteiger partial charge < -0.3 is 9.55 Å². The van der Waals surface area contributed by atoms with E-state index in [0.717, 1.165) is 22.8 Å². The van der Waals surface area contributed by atoms with Crippen LogP contribution in [0.2, 0.25) is 16.6 Å². The molecule has 0 radical (unpaired) electrons. The summed E-state index contributed by atoms with van der Waals surface area (Å²) in [5.41, 5.74) is 4.76. The number of pyridine rings is 1. The van der Waals surface area contributed by atoms with Gasteiger partial charge in [0.05, 0.1) is 22.9 Å². The lowest BCUT2D eigenvalue weighted by molar-refractivity contribution is 0.584. The minimum Gasteiger partial charge on any atom is -0.372 e. The van der Waals surface area contributed by atoms with Crippen LogP contribution in [0, 0.1) is 11.6 Å². The van der Waals surface area contributed by atoms with E-state index in [0.29, 0.717) is 22.3 Å². The second-order valence-electron chi connectivity index (χ2n) is 8.45. The average molecular weight is 402 g/mol. The number of hydrogen-bond acceptors (Lipinski definition) is 2. The van der Waals surface area contributed by atoms with E-state index in [4.69, 9.17) is 0 Å². The Kier molecular flexibility index (Phi) is 5.61. The van der Waals surface area contributed by atoms with Crippen LogP contribution in [-0.4, -0.2) is 17.5 Å². The Hall–Kier alpha value is -2.21. The van der Waals surface area contributed by atoms with Crippen molar-refractivity contribution in [2.45, 2.75) is 58.2 Å². The Morgan fingerprint density at radius 2 is 1.43 bits per heavy atom. The maximum atomic E-state index is 13.5. The second kappa shape index (κ2) is 7.66. The van der Waals surface area contributed by atoms with E-state index in [-0.39, 0.29) is 0 Å². The van der Waals surface area contributed by atoms with Gasteiger partial charge in [0, 0.05) is 11.8 Å². The highest BCUT2D eigenvalue weighted by Crippen LogP contribution is 2.44. The first kappa shape index (κ1) is 20.5. The Bertz CT molecular complexity index is 937. The van der Waals surface area contributed by atoms with Gasteiger partial charge in [-0.3, -0.25) is 4.98 Å². The first-order valence-electron chi connectivity index (χ1n) is 9.87. The quantitative estimate of drug-likeness (QED) is 0.447. The van der Waals surface area contributed by atoms with Gasteiger partial charge in [-0.25, -0.2) is 8.78 Å². The Labute approximate surface area is 166 Å². The summed E-state index contributed by atoms with van der Waals surface area (Å²) in [4.78, 5) is 4.59. The molecule has 3 rings (SSSR count). The maximum absolute atomic E-state index is 13.5. The fourth-order valence-electron chi connectivity index (χ4n) is 5.04. The topological polar surface area (TPSA) is 29.9 Å². The normalized spacial score (nSPS) is 12.5. The molecule has 2 aromatic heterocycles. The molecule has 0 amide bonds. The molecule has 6 heteroatoms.